The Kier molecular flexibility index (Phi) is 22.4. The fraction of sp³-hybridized carbons (Fsp3) is 0. The fourth-order valence-corrected chi connectivity index (χ4v) is 23.5. The maximum atomic E-state index is 2.45. The van der Waals surface area contributed by atoms with Gasteiger partial charge in [0.05, 0.1) is 11.4 Å². The first-order chi connectivity index (χ1) is 71.5. The Labute approximate surface area is 841 Å². The molecule has 29 rings (SSSR count). The summed E-state index contributed by atoms with van der Waals surface area (Å²) < 4.78 is 0. The molecule has 0 saturated heterocycles. The molecule has 0 aromatic heterocycles. The van der Waals surface area contributed by atoms with Crippen LogP contribution in [0.4, 0.5) is 68.2 Å². The molecule has 0 amide bonds. The molecule has 25 aromatic rings. The summed E-state index contributed by atoms with van der Waals surface area (Å²) in [4.78, 5) is 9.78. The molecular weight excluding hydrogens is 1730 g/mol. The molecule has 8 heteroatoms. The molecule has 670 valence electrons. The summed E-state index contributed by atoms with van der Waals surface area (Å²) in [6.07, 6.45) is 0. The minimum atomic E-state index is 0.0562. The van der Waals surface area contributed by atoms with Crippen molar-refractivity contribution in [3.05, 3.63) is 570 Å². The number of hydrogen-bond acceptors (Lipinski definition) is 4. The van der Waals surface area contributed by atoms with Gasteiger partial charge in [0, 0.05) is 67.6 Å². The highest BCUT2D eigenvalue weighted by Gasteiger charge is 2.42. The highest BCUT2D eigenvalue weighted by atomic mass is 15.2. The van der Waals surface area contributed by atoms with E-state index in [1.807, 2.05) is 0 Å². The van der Waals surface area contributed by atoms with Crippen molar-refractivity contribution in [2.75, 3.05) is 19.6 Å². The molecule has 4 nitrogen and oxygen atoms in total. The third kappa shape index (κ3) is 15.4. The number of rotatable bonds is 10. The molecule has 0 N–H and O–H groups in total. The summed E-state index contributed by atoms with van der Waals surface area (Å²) in [5, 5.41) is 17.8. The van der Waals surface area contributed by atoms with E-state index in [9.17, 15) is 0 Å². The van der Waals surface area contributed by atoms with Crippen LogP contribution < -0.4 is 85.2 Å². The van der Waals surface area contributed by atoms with E-state index in [2.05, 4.69) is 590 Å². The zero-order valence-corrected chi connectivity index (χ0v) is 79.4. The van der Waals surface area contributed by atoms with Gasteiger partial charge in [0.2, 0.25) is 26.9 Å². The van der Waals surface area contributed by atoms with E-state index in [1.165, 1.54) is 231 Å². The average Bonchev–Trinajstić information content (AvgIpc) is 0.729. The van der Waals surface area contributed by atoms with Crippen molar-refractivity contribution >= 4 is 236 Å². The summed E-state index contributed by atoms with van der Waals surface area (Å²) in [7, 11) is 0. The van der Waals surface area contributed by atoms with Crippen LogP contribution in [0.1, 0.15) is 0 Å². The highest BCUT2D eigenvalue weighted by Crippen LogP contribution is 2.46. The SMILES string of the molecule is c1ccc(-c2cccc(-c3ccccc3)c2B2c3ccccc3N(c3ccc4ccccc4c3)c3ccccc32)cc1.c1ccc2c(c1)B(c1ccc3ccccc3c1)c1ccccc1N2c1cccc2ccccc12.c1ccc2c(c1)B(c1cccc3ccccc13)c1ccccc1N2c1ccc2ccccc2c1.c1ccc2c(c1)B(c1cccc3ccccc13)c1ccccc1N2c1cccc2ccccc12. The van der Waals surface area contributed by atoms with E-state index < -0.39 is 0 Å². The first-order valence-corrected chi connectivity index (χ1v) is 50.1. The molecule has 0 aliphatic carbocycles. The van der Waals surface area contributed by atoms with Gasteiger partial charge in [0.1, 0.15) is 0 Å². The summed E-state index contributed by atoms with van der Waals surface area (Å²) in [5.41, 5.74) is 35.8. The van der Waals surface area contributed by atoms with Gasteiger partial charge in [0.25, 0.3) is 0 Å². The second kappa shape index (κ2) is 37.5. The van der Waals surface area contributed by atoms with Gasteiger partial charge in [-0.1, -0.05) is 507 Å². The Morgan fingerprint density at radius 1 is 0.125 bits per heavy atom. The predicted octanol–water partition coefficient (Wildman–Crippen LogP) is 27.4. The molecule has 4 aliphatic rings. The van der Waals surface area contributed by atoms with Crippen LogP contribution in [-0.4, -0.2) is 26.9 Å². The largest absolute Gasteiger partial charge is 0.312 e. The zero-order chi connectivity index (χ0) is 95.3. The summed E-state index contributed by atoms with van der Waals surface area (Å²) in [5.74, 6) is 0. The van der Waals surface area contributed by atoms with Crippen LogP contribution in [0.5, 0.6) is 0 Å². The molecule has 144 heavy (non-hydrogen) atoms. The Morgan fingerprint density at radius 3 is 0.708 bits per heavy atom. The Balaban J connectivity index is 0.0000000984. The smallest absolute Gasteiger partial charge is 0.248 e. The minimum absolute atomic E-state index is 0.0562. The van der Waals surface area contributed by atoms with Gasteiger partial charge < -0.3 is 19.6 Å². The molecule has 0 atom stereocenters. The van der Waals surface area contributed by atoms with E-state index in [0.29, 0.717) is 0 Å². The van der Waals surface area contributed by atoms with Crippen LogP contribution in [0.25, 0.3) is 97.7 Å². The van der Waals surface area contributed by atoms with Gasteiger partial charge in [0.15, 0.2) is 0 Å². The van der Waals surface area contributed by atoms with E-state index in [4.69, 9.17) is 0 Å². The van der Waals surface area contributed by atoms with Crippen molar-refractivity contribution < 1.29 is 0 Å². The van der Waals surface area contributed by atoms with Crippen LogP contribution in [0.3, 0.4) is 0 Å². The van der Waals surface area contributed by atoms with Gasteiger partial charge >= 0.3 is 0 Å². The van der Waals surface area contributed by atoms with Crippen LogP contribution in [0.15, 0.2) is 570 Å². The Morgan fingerprint density at radius 2 is 0.354 bits per heavy atom. The summed E-state index contributed by atoms with van der Waals surface area (Å²) in [6.45, 7) is 0.587. The monoisotopic (exact) mass is 1830 g/mol. The first kappa shape index (κ1) is 86.1. The molecule has 0 bridgehead atoms. The van der Waals surface area contributed by atoms with Crippen molar-refractivity contribution in [2.24, 2.45) is 0 Å². The van der Waals surface area contributed by atoms with E-state index in [-0.39, 0.29) is 26.9 Å². The molecule has 25 aromatic carbocycles. The molecule has 4 heterocycles. The minimum Gasteiger partial charge on any atom is -0.312 e. The van der Waals surface area contributed by atoms with Crippen molar-refractivity contribution in [3.8, 4) is 22.3 Å². The second-order valence-corrected chi connectivity index (χ2v) is 37.8. The number of para-hydroxylation sites is 8. The lowest BCUT2D eigenvalue weighted by atomic mass is 9.33. The Bertz CT molecular complexity index is 8570. The Hall–Kier alpha value is -18.2. The topological polar surface area (TPSA) is 13.0 Å². The number of benzene rings is 25. The molecular formula is C136H94B4N4. The van der Waals surface area contributed by atoms with Crippen molar-refractivity contribution in [1.82, 2.24) is 0 Å². The summed E-state index contributed by atoms with van der Waals surface area (Å²) >= 11 is 0. The molecule has 0 spiro atoms. The predicted molar refractivity (Wildman–Crippen MR) is 622 cm³/mol. The lowest BCUT2D eigenvalue weighted by molar-refractivity contribution is 1.30. The van der Waals surface area contributed by atoms with Crippen LogP contribution in [0, 0.1) is 0 Å². The first-order valence-electron chi connectivity index (χ1n) is 50.1. The molecule has 0 saturated carbocycles. The van der Waals surface area contributed by atoms with Crippen molar-refractivity contribution in [1.29, 1.82) is 0 Å². The third-order valence-corrected chi connectivity index (χ3v) is 29.8. The van der Waals surface area contributed by atoms with E-state index in [0.717, 1.165) is 0 Å². The van der Waals surface area contributed by atoms with Gasteiger partial charge in [-0.3, -0.25) is 0 Å². The number of nitrogens with zero attached hydrogens (tertiary/aromatic N) is 4. The lowest BCUT2D eigenvalue weighted by Gasteiger charge is -2.38. The molecule has 0 radical (unpaired) electrons. The maximum Gasteiger partial charge on any atom is 0.248 e. The standard InChI is InChI=1S/C40H28BN.3C32H22BN/c1-3-15-30(16-4-1)34-20-13-21-35(31-17-5-2-6-18-31)40(34)41-36-22-9-11-24-38(36)42(39-25-12-10-23-37(39)41)33-27-26-29-14-7-8-19-32(29)28-33;1-3-15-25-23(11-1)13-9-19-27(25)33-28-17-5-7-20-31(28)34(32-21-8-6-18-29(32)33)30-22-10-14-24-12-2-4-16-26(24)30;1-2-12-25-22-26(21-20-23(25)10-1)34-31-18-7-5-15-29(31)33(30-16-6-8-19-32(30)34)28-17-9-13-24-11-3-4-14-27(24)28;1-2-12-25-22-26(21-20-23(25)10-1)33-28-15-5-7-17-31(28)34(32-18-8-6-16-29(32)33)30-19-9-13-24-11-3-4-14-27(24)30/h1-28H;3*1-22H. The maximum absolute atomic E-state index is 2.45. The van der Waals surface area contributed by atoms with Crippen LogP contribution >= 0.6 is 0 Å². The molecule has 4 aliphatic heterocycles. The van der Waals surface area contributed by atoms with E-state index >= 15 is 0 Å². The molecule has 0 fully saturated rings. The third-order valence-electron chi connectivity index (χ3n) is 29.8. The van der Waals surface area contributed by atoms with Gasteiger partial charge in [-0.05, 0) is 216 Å². The average molecular weight is 1830 g/mol. The number of anilines is 12. The van der Waals surface area contributed by atoms with Crippen LogP contribution in [0.2, 0.25) is 0 Å². The van der Waals surface area contributed by atoms with Crippen LogP contribution in [-0.2, 0) is 0 Å². The van der Waals surface area contributed by atoms with Gasteiger partial charge in [-0.25, -0.2) is 0 Å². The van der Waals surface area contributed by atoms with E-state index in [1.54, 1.807) is 0 Å². The second-order valence-electron chi connectivity index (χ2n) is 37.8. The normalized spacial score (nSPS) is 12.5. The zero-order valence-electron chi connectivity index (χ0n) is 79.4. The van der Waals surface area contributed by atoms with Crippen molar-refractivity contribution in [3.63, 3.8) is 0 Å². The number of fused-ring (bicyclic) bond motifs is 15. The summed E-state index contributed by atoms with van der Waals surface area (Å²) in [6, 6.07) is 207. The molecule has 0 unspecified atom stereocenters. The highest BCUT2D eigenvalue weighted by molar-refractivity contribution is 7.01. The quantitative estimate of drug-likeness (QED) is 0.127. The van der Waals surface area contributed by atoms with Gasteiger partial charge in [-0.2, -0.15) is 0 Å². The lowest BCUT2D eigenvalue weighted by Crippen LogP contribution is -2.58. The van der Waals surface area contributed by atoms with Gasteiger partial charge in [-0.15, -0.1) is 0 Å². The fourth-order valence-electron chi connectivity index (χ4n) is 23.5. The number of hydrogen-bond donors (Lipinski definition) is 0. The van der Waals surface area contributed by atoms with Crippen molar-refractivity contribution in [2.45, 2.75) is 0 Å².